The summed E-state index contributed by atoms with van der Waals surface area (Å²) in [6, 6.07) is 9.18. The van der Waals surface area contributed by atoms with E-state index in [1.165, 1.54) is 12.3 Å². The molecule has 0 atom stereocenters. The molecule has 1 fully saturated rings. The highest BCUT2D eigenvalue weighted by Gasteiger charge is 2.23. The van der Waals surface area contributed by atoms with Gasteiger partial charge in [-0.15, -0.1) is 0 Å². The van der Waals surface area contributed by atoms with Crippen molar-refractivity contribution < 1.29 is 13.9 Å². The number of carbonyl (C=O) groups is 1. The van der Waals surface area contributed by atoms with Gasteiger partial charge in [-0.05, 0) is 12.1 Å². The van der Waals surface area contributed by atoms with Crippen molar-refractivity contribution in [2.24, 2.45) is 0 Å². The molecule has 0 N–H and O–H groups in total. The Hall–Kier alpha value is -2.47. The average Bonchev–Trinajstić information content (AvgIpc) is 2.62. The normalized spacial score (nSPS) is 15.3. The molecular formula is C18H20FN3O2. The summed E-state index contributed by atoms with van der Waals surface area (Å²) >= 11 is 0. The Morgan fingerprint density at radius 2 is 1.96 bits per heavy atom. The zero-order valence-electron chi connectivity index (χ0n) is 13.6. The van der Waals surface area contributed by atoms with Crippen LogP contribution in [0, 0.1) is 5.82 Å². The Kier molecular flexibility index (Phi) is 5.05. The molecule has 24 heavy (non-hydrogen) atoms. The molecule has 0 aliphatic carbocycles. The van der Waals surface area contributed by atoms with E-state index in [9.17, 15) is 9.18 Å². The topological polar surface area (TPSA) is 45.7 Å². The highest BCUT2D eigenvalue weighted by Crippen LogP contribution is 2.20. The first-order valence-electron chi connectivity index (χ1n) is 7.91. The van der Waals surface area contributed by atoms with Gasteiger partial charge >= 0.3 is 0 Å². The first-order valence-corrected chi connectivity index (χ1v) is 7.91. The second-order valence-electron chi connectivity index (χ2n) is 5.77. The van der Waals surface area contributed by atoms with Gasteiger partial charge in [-0.3, -0.25) is 14.7 Å². The predicted octanol–water partition coefficient (Wildman–Crippen LogP) is 2.19. The van der Waals surface area contributed by atoms with Crippen molar-refractivity contribution in [3.63, 3.8) is 0 Å². The van der Waals surface area contributed by atoms with E-state index in [1.807, 2.05) is 18.2 Å². The minimum absolute atomic E-state index is 0.168. The fourth-order valence-electron chi connectivity index (χ4n) is 2.89. The highest BCUT2D eigenvalue weighted by molar-refractivity contribution is 5.94. The van der Waals surface area contributed by atoms with Crippen LogP contribution in [-0.4, -0.2) is 54.0 Å². The van der Waals surface area contributed by atoms with Crippen LogP contribution in [0.3, 0.4) is 0 Å². The molecule has 2 aromatic rings. The third kappa shape index (κ3) is 3.71. The largest absolute Gasteiger partial charge is 0.496 e. The average molecular weight is 329 g/mol. The number of hydrogen-bond acceptors (Lipinski definition) is 4. The van der Waals surface area contributed by atoms with Gasteiger partial charge in [0.1, 0.15) is 11.6 Å². The second-order valence-corrected chi connectivity index (χ2v) is 5.77. The molecule has 0 bridgehead atoms. The van der Waals surface area contributed by atoms with E-state index >= 15 is 0 Å². The van der Waals surface area contributed by atoms with Crippen molar-refractivity contribution in [1.29, 1.82) is 0 Å². The van der Waals surface area contributed by atoms with E-state index in [0.717, 1.165) is 37.1 Å². The Balaban J connectivity index is 1.58. The molecule has 1 saturated heterocycles. The van der Waals surface area contributed by atoms with Gasteiger partial charge in [0.05, 0.1) is 18.9 Å². The number of nitrogens with zero attached hydrogens (tertiary/aromatic N) is 3. The van der Waals surface area contributed by atoms with E-state index in [1.54, 1.807) is 12.0 Å². The fourth-order valence-corrected chi connectivity index (χ4v) is 2.89. The van der Waals surface area contributed by atoms with Crippen LogP contribution in [0.4, 0.5) is 4.39 Å². The molecule has 5 nitrogen and oxygen atoms in total. The van der Waals surface area contributed by atoms with Gasteiger partial charge in [0.2, 0.25) is 0 Å². The van der Waals surface area contributed by atoms with Crippen LogP contribution in [0.25, 0.3) is 0 Å². The predicted molar refractivity (Wildman–Crippen MR) is 88.4 cm³/mol. The molecule has 6 heteroatoms. The number of aromatic nitrogens is 1. The van der Waals surface area contributed by atoms with Crippen molar-refractivity contribution in [2.45, 2.75) is 6.54 Å². The minimum atomic E-state index is -0.490. The number of benzene rings is 1. The van der Waals surface area contributed by atoms with Crippen LogP contribution in [-0.2, 0) is 6.54 Å². The SMILES string of the molecule is COc1ccccc1CN1CCN(C(=O)c2cncc(F)c2)CC1. The molecule has 1 aromatic heterocycles. The monoisotopic (exact) mass is 329 g/mol. The number of para-hydroxylation sites is 1. The Morgan fingerprint density at radius 3 is 2.67 bits per heavy atom. The molecule has 0 unspecified atom stereocenters. The lowest BCUT2D eigenvalue weighted by Gasteiger charge is -2.35. The number of ether oxygens (including phenoxy) is 1. The van der Waals surface area contributed by atoms with Gasteiger partial charge in [0.15, 0.2) is 0 Å². The Bertz CT molecular complexity index is 715. The smallest absolute Gasteiger partial charge is 0.255 e. The zero-order chi connectivity index (χ0) is 16.9. The lowest BCUT2D eigenvalue weighted by atomic mass is 10.1. The zero-order valence-corrected chi connectivity index (χ0v) is 13.6. The van der Waals surface area contributed by atoms with Crippen molar-refractivity contribution in [3.8, 4) is 5.75 Å². The lowest BCUT2D eigenvalue weighted by Crippen LogP contribution is -2.48. The maximum atomic E-state index is 13.2. The van der Waals surface area contributed by atoms with Crippen LogP contribution >= 0.6 is 0 Å². The van der Waals surface area contributed by atoms with Crippen molar-refractivity contribution in [3.05, 3.63) is 59.7 Å². The summed E-state index contributed by atoms with van der Waals surface area (Å²) in [5, 5.41) is 0. The number of piperazine rings is 1. The lowest BCUT2D eigenvalue weighted by molar-refractivity contribution is 0.0626. The van der Waals surface area contributed by atoms with Crippen LogP contribution < -0.4 is 4.74 Å². The number of methoxy groups -OCH3 is 1. The molecule has 1 amide bonds. The number of hydrogen-bond donors (Lipinski definition) is 0. The fraction of sp³-hybridized carbons (Fsp3) is 0.333. The summed E-state index contributed by atoms with van der Waals surface area (Å²) in [4.78, 5) is 20.2. The molecule has 0 saturated carbocycles. The number of amides is 1. The number of rotatable bonds is 4. The summed E-state index contributed by atoms with van der Waals surface area (Å²) in [5.41, 5.74) is 1.43. The number of pyridine rings is 1. The van der Waals surface area contributed by atoms with Gasteiger partial charge in [-0.25, -0.2) is 4.39 Å². The van der Waals surface area contributed by atoms with Crippen molar-refractivity contribution in [1.82, 2.24) is 14.8 Å². The van der Waals surface area contributed by atoms with Crippen molar-refractivity contribution in [2.75, 3.05) is 33.3 Å². The summed E-state index contributed by atoms with van der Waals surface area (Å²) in [6.07, 6.45) is 2.51. The van der Waals surface area contributed by atoms with Gasteiger partial charge in [-0.1, -0.05) is 18.2 Å². The van der Waals surface area contributed by atoms with Gasteiger partial charge in [0.25, 0.3) is 5.91 Å². The molecule has 1 aliphatic rings. The Morgan fingerprint density at radius 1 is 1.21 bits per heavy atom. The molecule has 0 radical (unpaired) electrons. The standard InChI is InChI=1S/C18H20FN3O2/c1-24-17-5-3-2-4-14(17)13-21-6-8-22(9-7-21)18(23)15-10-16(19)12-20-11-15/h2-5,10-12H,6-9,13H2,1H3. The molecular weight excluding hydrogens is 309 g/mol. The van der Waals surface area contributed by atoms with Gasteiger partial charge in [0, 0.05) is 44.5 Å². The third-order valence-electron chi connectivity index (χ3n) is 4.20. The van der Waals surface area contributed by atoms with Gasteiger partial charge < -0.3 is 9.64 Å². The summed E-state index contributed by atoms with van der Waals surface area (Å²) in [7, 11) is 1.67. The van der Waals surface area contributed by atoms with Crippen LogP contribution in [0.5, 0.6) is 5.75 Å². The van der Waals surface area contributed by atoms with E-state index < -0.39 is 5.82 Å². The third-order valence-corrected chi connectivity index (χ3v) is 4.20. The molecule has 0 spiro atoms. The van der Waals surface area contributed by atoms with Crippen molar-refractivity contribution >= 4 is 5.91 Å². The quantitative estimate of drug-likeness (QED) is 0.863. The molecule has 2 heterocycles. The maximum Gasteiger partial charge on any atom is 0.255 e. The van der Waals surface area contributed by atoms with E-state index in [-0.39, 0.29) is 5.91 Å². The summed E-state index contributed by atoms with van der Waals surface area (Å²) in [6.45, 7) is 3.56. The van der Waals surface area contributed by atoms with Gasteiger partial charge in [-0.2, -0.15) is 0 Å². The number of halogens is 1. The summed E-state index contributed by atoms with van der Waals surface area (Å²) < 4.78 is 18.6. The molecule has 1 aromatic carbocycles. The van der Waals surface area contributed by atoms with Crippen LogP contribution in [0.2, 0.25) is 0 Å². The Labute approximate surface area is 140 Å². The van der Waals surface area contributed by atoms with E-state index in [4.69, 9.17) is 4.74 Å². The molecule has 3 rings (SSSR count). The second kappa shape index (κ2) is 7.40. The highest BCUT2D eigenvalue weighted by atomic mass is 19.1. The molecule has 1 aliphatic heterocycles. The van der Waals surface area contributed by atoms with Crippen LogP contribution in [0.15, 0.2) is 42.7 Å². The minimum Gasteiger partial charge on any atom is -0.496 e. The maximum absolute atomic E-state index is 13.2. The van der Waals surface area contributed by atoms with E-state index in [0.29, 0.717) is 18.7 Å². The summed E-state index contributed by atoms with van der Waals surface area (Å²) in [5.74, 6) is 0.219. The number of carbonyl (C=O) groups excluding carboxylic acids is 1. The first kappa shape index (κ1) is 16.4. The first-order chi connectivity index (χ1) is 11.7. The van der Waals surface area contributed by atoms with E-state index in [2.05, 4.69) is 16.0 Å². The molecule has 126 valence electrons. The van der Waals surface area contributed by atoms with Crippen LogP contribution in [0.1, 0.15) is 15.9 Å².